The topological polar surface area (TPSA) is 112 Å². The summed E-state index contributed by atoms with van der Waals surface area (Å²) in [5, 5.41) is 23.1. The molecule has 30 heavy (non-hydrogen) atoms. The second-order valence-corrected chi connectivity index (χ2v) is 6.89. The van der Waals surface area contributed by atoms with Gasteiger partial charge in [-0.15, -0.1) is 0 Å². The fourth-order valence-electron chi connectivity index (χ4n) is 3.01. The molecule has 1 unspecified atom stereocenters. The maximum absolute atomic E-state index is 11.9. The Hall–Kier alpha value is -3.88. The molecule has 9 nitrogen and oxygen atoms in total. The van der Waals surface area contributed by atoms with Crippen molar-refractivity contribution in [1.29, 1.82) is 0 Å². The number of esters is 1. The predicted molar refractivity (Wildman–Crippen MR) is 112 cm³/mol. The molecule has 1 atom stereocenters. The van der Waals surface area contributed by atoms with Crippen molar-refractivity contribution in [2.45, 2.75) is 20.0 Å². The molecular weight excluding hydrogens is 390 g/mol. The highest BCUT2D eigenvalue weighted by Crippen LogP contribution is 2.41. The van der Waals surface area contributed by atoms with Crippen LogP contribution in [0, 0.1) is 0 Å². The van der Waals surface area contributed by atoms with E-state index < -0.39 is 18.0 Å². The minimum atomic E-state index is -1.05. The van der Waals surface area contributed by atoms with Crippen molar-refractivity contribution in [1.82, 2.24) is 0 Å². The molecule has 0 aromatic heterocycles. The quantitative estimate of drug-likeness (QED) is 0.465. The lowest BCUT2D eigenvalue weighted by atomic mass is 10.1. The monoisotopic (exact) mass is 413 g/mol. The molecule has 2 aromatic rings. The average Bonchev–Trinajstić information content (AvgIpc) is 3.04. The third-order valence-corrected chi connectivity index (χ3v) is 4.49. The molecule has 1 heterocycles. The number of aromatic hydroxyl groups is 1. The first kappa shape index (κ1) is 20.8. The summed E-state index contributed by atoms with van der Waals surface area (Å²) >= 11 is 0. The van der Waals surface area contributed by atoms with Crippen LogP contribution < -0.4 is 20.3 Å². The van der Waals surface area contributed by atoms with Crippen molar-refractivity contribution in [2.75, 3.05) is 29.2 Å². The van der Waals surface area contributed by atoms with Gasteiger partial charge in [-0.05, 0) is 44.2 Å². The van der Waals surface area contributed by atoms with Crippen LogP contribution in [-0.4, -0.2) is 41.9 Å². The molecule has 0 aliphatic carbocycles. The fourth-order valence-corrected chi connectivity index (χ4v) is 3.01. The molecule has 0 saturated carbocycles. The third-order valence-electron chi connectivity index (χ3n) is 4.49. The van der Waals surface area contributed by atoms with Gasteiger partial charge in [-0.3, -0.25) is 10.4 Å². The number of aromatic carboxylic acids is 1. The Morgan fingerprint density at radius 3 is 2.50 bits per heavy atom. The number of benzene rings is 2. The smallest absolute Gasteiger partial charge is 0.335 e. The van der Waals surface area contributed by atoms with Gasteiger partial charge in [-0.25, -0.2) is 9.59 Å². The van der Waals surface area contributed by atoms with Crippen LogP contribution in [0.3, 0.4) is 0 Å². The van der Waals surface area contributed by atoms with E-state index in [9.17, 15) is 19.8 Å². The van der Waals surface area contributed by atoms with Crippen LogP contribution in [-0.2, 0) is 9.53 Å². The molecule has 0 radical (unpaired) electrons. The van der Waals surface area contributed by atoms with Gasteiger partial charge in [0.2, 0.25) is 0 Å². The van der Waals surface area contributed by atoms with Crippen LogP contribution in [0.4, 0.5) is 17.1 Å². The maximum atomic E-state index is 11.9. The number of carboxylic acids is 1. The summed E-state index contributed by atoms with van der Waals surface area (Å²) in [6, 6.07) is 9.44. The van der Waals surface area contributed by atoms with Gasteiger partial charge in [0.15, 0.2) is 0 Å². The van der Waals surface area contributed by atoms with Crippen molar-refractivity contribution < 1.29 is 29.3 Å². The Kier molecular flexibility index (Phi) is 5.72. The number of hydrazine groups is 2. The molecule has 9 heteroatoms. The van der Waals surface area contributed by atoms with E-state index in [2.05, 4.69) is 12.0 Å². The van der Waals surface area contributed by atoms with Crippen molar-refractivity contribution >= 4 is 29.0 Å². The van der Waals surface area contributed by atoms with Gasteiger partial charge in [0.1, 0.15) is 23.3 Å². The second-order valence-electron chi connectivity index (χ2n) is 6.89. The van der Waals surface area contributed by atoms with E-state index in [1.165, 1.54) is 25.3 Å². The number of phenols is 1. The lowest BCUT2D eigenvalue weighted by Crippen LogP contribution is -2.46. The highest BCUT2D eigenvalue weighted by molar-refractivity contribution is 5.93. The molecule has 158 valence electrons. The Morgan fingerprint density at radius 1 is 1.20 bits per heavy atom. The number of anilines is 3. The number of methoxy groups -OCH3 is 1. The van der Waals surface area contributed by atoms with Gasteiger partial charge >= 0.3 is 11.9 Å². The third kappa shape index (κ3) is 4.09. The van der Waals surface area contributed by atoms with Crippen LogP contribution in [0.2, 0.25) is 0 Å². The summed E-state index contributed by atoms with van der Waals surface area (Å²) in [6.07, 6.45) is -0.524. The molecule has 0 amide bonds. The van der Waals surface area contributed by atoms with Crippen molar-refractivity contribution in [3.8, 4) is 11.5 Å². The first-order valence-corrected chi connectivity index (χ1v) is 9.16. The molecule has 1 aliphatic heterocycles. The number of nitrogens with one attached hydrogen (secondary N) is 1. The lowest BCUT2D eigenvalue weighted by molar-refractivity contribution is -0.142. The van der Waals surface area contributed by atoms with Gasteiger partial charge in [-0.2, -0.15) is 5.12 Å². The summed E-state index contributed by atoms with van der Waals surface area (Å²) in [7, 11) is 1.50. The minimum absolute atomic E-state index is 0.0512. The van der Waals surface area contributed by atoms with Crippen LogP contribution in [0.1, 0.15) is 24.2 Å². The lowest BCUT2D eigenvalue weighted by Gasteiger charge is -2.33. The van der Waals surface area contributed by atoms with Crippen LogP contribution in [0.25, 0.3) is 0 Å². The fraction of sp³-hybridized carbons (Fsp3) is 0.238. The number of nitrogens with zero attached hydrogens (tertiary/aromatic N) is 2. The number of phenolic OH excluding ortho intramolecular Hbond substituents is 1. The van der Waals surface area contributed by atoms with Crippen LogP contribution in [0.15, 0.2) is 48.6 Å². The number of rotatable bonds is 7. The van der Waals surface area contributed by atoms with E-state index in [1.54, 1.807) is 42.2 Å². The Balaban J connectivity index is 1.96. The number of hydrogen-bond donors (Lipinski definition) is 3. The standard InChI is InChI=1S/C21H23N3O6/c1-12(2)21(28)30-13(3)11-23-17-7-5-14(20(26)27)9-16(17)22-24(23)18-8-6-15(29-4)10-19(18)25/h5-10,13,22,25H,1,11H2,2-4H3,(H,26,27). The van der Waals surface area contributed by atoms with Crippen molar-refractivity contribution in [3.63, 3.8) is 0 Å². The Morgan fingerprint density at radius 2 is 1.90 bits per heavy atom. The molecule has 3 N–H and O–H groups in total. The first-order valence-electron chi connectivity index (χ1n) is 9.16. The summed E-state index contributed by atoms with van der Waals surface area (Å²) in [6.45, 7) is 7.11. The van der Waals surface area contributed by atoms with E-state index in [1.807, 2.05) is 0 Å². The summed E-state index contributed by atoms with van der Waals surface area (Å²) < 4.78 is 10.5. The molecule has 0 spiro atoms. The van der Waals surface area contributed by atoms with E-state index in [-0.39, 0.29) is 23.4 Å². The predicted octanol–water partition coefficient (Wildman–Crippen LogP) is 3.18. The van der Waals surface area contributed by atoms with E-state index in [4.69, 9.17) is 9.47 Å². The van der Waals surface area contributed by atoms with Gasteiger partial charge in [0.05, 0.1) is 30.6 Å². The molecule has 3 rings (SSSR count). The van der Waals surface area contributed by atoms with Gasteiger partial charge < -0.3 is 19.7 Å². The number of carbonyl (C=O) groups is 2. The number of ether oxygens (including phenoxy) is 2. The maximum Gasteiger partial charge on any atom is 0.335 e. The molecular formula is C21H23N3O6. The van der Waals surface area contributed by atoms with Gasteiger partial charge in [-0.1, -0.05) is 6.58 Å². The summed E-state index contributed by atoms with van der Waals surface area (Å²) in [5.74, 6) is -1.13. The summed E-state index contributed by atoms with van der Waals surface area (Å²) in [4.78, 5) is 23.2. The average molecular weight is 413 g/mol. The van der Waals surface area contributed by atoms with Gasteiger partial charge in [0.25, 0.3) is 0 Å². The largest absolute Gasteiger partial charge is 0.505 e. The normalized spacial score (nSPS) is 13.3. The van der Waals surface area contributed by atoms with E-state index in [0.717, 1.165) is 0 Å². The SMILES string of the molecule is C=C(C)C(=O)OC(C)CN1c2ccc(C(=O)O)cc2NN1c1ccc(OC)cc1O. The number of carbonyl (C=O) groups excluding carboxylic acids is 1. The zero-order chi connectivity index (χ0) is 22.0. The number of fused-ring (bicyclic) bond motifs is 1. The molecule has 0 saturated heterocycles. The van der Waals surface area contributed by atoms with E-state index >= 15 is 0 Å². The number of hydrogen-bond acceptors (Lipinski definition) is 8. The molecule has 1 aliphatic rings. The highest BCUT2D eigenvalue weighted by Gasteiger charge is 2.31. The number of carboxylic acid groups (broad SMARTS) is 1. The molecule has 2 aromatic carbocycles. The second kappa shape index (κ2) is 8.24. The van der Waals surface area contributed by atoms with Crippen LogP contribution in [0.5, 0.6) is 11.5 Å². The molecule has 0 bridgehead atoms. The van der Waals surface area contributed by atoms with Crippen molar-refractivity contribution in [3.05, 3.63) is 54.1 Å². The zero-order valence-corrected chi connectivity index (χ0v) is 16.9. The Bertz CT molecular complexity index is 1010. The van der Waals surface area contributed by atoms with E-state index in [0.29, 0.717) is 22.8 Å². The Labute approximate surface area is 173 Å². The highest BCUT2D eigenvalue weighted by atomic mass is 16.5. The molecule has 0 fully saturated rings. The van der Waals surface area contributed by atoms with Gasteiger partial charge in [0, 0.05) is 11.6 Å². The van der Waals surface area contributed by atoms with Crippen LogP contribution >= 0.6 is 0 Å². The van der Waals surface area contributed by atoms with Crippen molar-refractivity contribution in [2.24, 2.45) is 0 Å². The zero-order valence-electron chi connectivity index (χ0n) is 16.9. The minimum Gasteiger partial charge on any atom is -0.505 e. The summed E-state index contributed by atoms with van der Waals surface area (Å²) in [5.41, 5.74) is 5.09. The first-order chi connectivity index (χ1) is 14.2.